The molecule has 0 spiro atoms. The summed E-state index contributed by atoms with van der Waals surface area (Å²) in [6.07, 6.45) is -0.328. The van der Waals surface area contributed by atoms with Gasteiger partial charge in [-0.25, -0.2) is 4.98 Å². The van der Waals surface area contributed by atoms with Crippen LogP contribution < -0.4 is 0 Å². The van der Waals surface area contributed by atoms with Crippen molar-refractivity contribution in [3.63, 3.8) is 0 Å². The van der Waals surface area contributed by atoms with Gasteiger partial charge in [-0.05, 0) is 37.6 Å². The third-order valence-electron chi connectivity index (χ3n) is 4.97. The number of pyridine rings is 2. The molecule has 1 aliphatic heterocycles. The van der Waals surface area contributed by atoms with E-state index < -0.39 is 30.6 Å². The van der Waals surface area contributed by atoms with Gasteiger partial charge >= 0.3 is 0 Å². The van der Waals surface area contributed by atoms with Gasteiger partial charge in [0, 0.05) is 35.2 Å². The zero-order chi connectivity index (χ0) is 18.4. The summed E-state index contributed by atoms with van der Waals surface area (Å²) in [7, 11) is 0. The van der Waals surface area contributed by atoms with Gasteiger partial charge in [-0.3, -0.25) is 4.98 Å². The minimum atomic E-state index is -1.24. The van der Waals surface area contributed by atoms with E-state index in [1.807, 2.05) is 26.0 Å². The first kappa shape index (κ1) is 17.1. The monoisotopic (exact) mass is 355 g/mol. The van der Waals surface area contributed by atoms with Crippen molar-refractivity contribution in [3.8, 4) is 0 Å². The summed E-state index contributed by atoms with van der Waals surface area (Å²) in [5, 5.41) is 32.5. The normalized spacial score (nSPS) is 27.1. The average molecular weight is 355 g/mol. The summed E-state index contributed by atoms with van der Waals surface area (Å²) in [5.41, 5.74) is 3.07. The fourth-order valence-electron chi connectivity index (χ4n) is 3.42. The fraction of sp³-hybridized carbons (Fsp3) is 0.368. The van der Waals surface area contributed by atoms with Crippen LogP contribution in [0.25, 0.3) is 11.0 Å². The number of hydrogen-bond donors (Lipinski definition) is 3. The van der Waals surface area contributed by atoms with Crippen LogP contribution in [0.4, 0.5) is 0 Å². The molecule has 0 amide bonds. The quantitative estimate of drug-likeness (QED) is 0.657. The van der Waals surface area contributed by atoms with Crippen molar-refractivity contribution in [1.82, 2.24) is 14.5 Å². The molecule has 4 rings (SSSR count). The van der Waals surface area contributed by atoms with Gasteiger partial charge in [0.2, 0.25) is 0 Å². The summed E-state index contributed by atoms with van der Waals surface area (Å²) in [5.74, 6) is 0. The van der Waals surface area contributed by atoms with Crippen molar-refractivity contribution in [2.24, 2.45) is 0 Å². The van der Waals surface area contributed by atoms with Crippen LogP contribution in [-0.4, -0.2) is 48.2 Å². The van der Waals surface area contributed by atoms with Crippen LogP contribution in [0.2, 0.25) is 0 Å². The molecule has 0 bridgehead atoms. The summed E-state index contributed by atoms with van der Waals surface area (Å²) in [4.78, 5) is 8.52. The van der Waals surface area contributed by atoms with Crippen molar-refractivity contribution in [2.45, 2.75) is 44.5 Å². The molecule has 0 aliphatic carbocycles. The third-order valence-corrected chi connectivity index (χ3v) is 4.97. The van der Waals surface area contributed by atoms with E-state index in [2.05, 4.69) is 9.97 Å². The van der Waals surface area contributed by atoms with Crippen molar-refractivity contribution in [3.05, 3.63) is 59.7 Å². The summed E-state index contributed by atoms with van der Waals surface area (Å²) in [6.45, 7) is 3.83. The van der Waals surface area contributed by atoms with Crippen LogP contribution in [0, 0.1) is 13.8 Å². The van der Waals surface area contributed by atoms with E-state index in [1.165, 1.54) is 0 Å². The van der Waals surface area contributed by atoms with Crippen molar-refractivity contribution >= 4 is 11.0 Å². The second kappa shape index (κ2) is 6.44. The Hall–Kier alpha value is -2.32. The van der Waals surface area contributed by atoms with Crippen molar-refractivity contribution in [2.75, 3.05) is 0 Å². The Bertz CT molecular complexity index is 924. The number of aryl methyl sites for hydroxylation is 2. The molecule has 0 aromatic carbocycles. The lowest BCUT2D eigenvalue weighted by molar-refractivity contribution is -0.0849. The zero-order valence-electron chi connectivity index (χ0n) is 14.5. The topological polar surface area (TPSA) is 101 Å². The molecule has 3 aromatic rings. The maximum atomic E-state index is 10.6. The molecule has 3 aromatic heterocycles. The van der Waals surface area contributed by atoms with Gasteiger partial charge in [-0.2, -0.15) is 0 Å². The second-order valence-corrected chi connectivity index (χ2v) is 6.74. The average Bonchev–Trinajstić information content (AvgIpc) is 3.18. The largest absolute Gasteiger partial charge is 0.387 e. The number of aromatic nitrogens is 3. The first-order chi connectivity index (χ1) is 12.5. The molecule has 0 radical (unpaired) electrons. The van der Waals surface area contributed by atoms with E-state index in [0.717, 1.165) is 16.6 Å². The fourth-order valence-corrected chi connectivity index (χ4v) is 3.42. The molecular weight excluding hydrogens is 334 g/mol. The predicted molar refractivity (Wildman–Crippen MR) is 94.3 cm³/mol. The Balaban J connectivity index is 1.65. The Morgan fingerprint density at radius 3 is 2.62 bits per heavy atom. The number of aliphatic hydroxyl groups is 3. The molecule has 5 unspecified atom stereocenters. The summed E-state index contributed by atoms with van der Waals surface area (Å²) < 4.78 is 7.56. The maximum Gasteiger partial charge on any atom is 0.164 e. The van der Waals surface area contributed by atoms with E-state index in [0.29, 0.717) is 11.2 Å². The van der Waals surface area contributed by atoms with Crippen LogP contribution >= 0.6 is 0 Å². The lowest BCUT2D eigenvalue weighted by Crippen LogP contribution is -2.34. The third kappa shape index (κ3) is 2.69. The number of hydrogen-bond acceptors (Lipinski definition) is 6. The molecule has 26 heavy (non-hydrogen) atoms. The van der Waals surface area contributed by atoms with E-state index in [-0.39, 0.29) is 0 Å². The Morgan fingerprint density at radius 2 is 1.88 bits per heavy atom. The molecule has 1 fully saturated rings. The highest BCUT2D eigenvalue weighted by Crippen LogP contribution is 2.37. The van der Waals surface area contributed by atoms with Gasteiger partial charge in [0.05, 0.1) is 0 Å². The number of rotatable bonds is 3. The SMILES string of the molecule is Cc1ccc(C(O)C2OC(n3ccc4c(C)ccnc43)C(O)C2O)cn1. The summed E-state index contributed by atoms with van der Waals surface area (Å²) >= 11 is 0. The Kier molecular flexibility index (Phi) is 4.24. The van der Waals surface area contributed by atoms with Gasteiger partial charge in [0.25, 0.3) is 0 Å². The Labute approximate surface area is 150 Å². The van der Waals surface area contributed by atoms with E-state index in [9.17, 15) is 15.3 Å². The highest BCUT2D eigenvalue weighted by molar-refractivity contribution is 5.79. The molecule has 5 atom stereocenters. The van der Waals surface area contributed by atoms with Crippen LogP contribution in [0.3, 0.4) is 0 Å². The minimum Gasteiger partial charge on any atom is -0.387 e. The lowest BCUT2D eigenvalue weighted by Gasteiger charge is -2.21. The van der Waals surface area contributed by atoms with Crippen molar-refractivity contribution < 1.29 is 20.1 Å². The number of ether oxygens (including phenoxy) is 1. The van der Waals surface area contributed by atoms with Crippen LogP contribution in [0.5, 0.6) is 0 Å². The Morgan fingerprint density at radius 1 is 1.08 bits per heavy atom. The van der Waals surface area contributed by atoms with E-state index in [1.54, 1.807) is 35.3 Å². The van der Waals surface area contributed by atoms with E-state index >= 15 is 0 Å². The predicted octanol–water partition coefficient (Wildman–Crippen LogP) is 1.40. The number of nitrogens with zero attached hydrogens (tertiary/aromatic N) is 3. The van der Waals surface area contributed by atoms with Crippen LogP contribution in [0.15, 0.2) is 42.9 Å². The van der Waals surface area contributed by atoms with Crippen LogP contribution in [0.1, 0.15) is 29.2 Å². The number of fused-ring (bicyclic) bond motifs is 1. The minimum absolute atomic E-state index is 0.527. The molecule has 3 N–H and O–H groups in total. The van der Waals surface area contributed by atoms with Crippen LogP contribution in [-0.2, 0) is 4.74 Å². The molecule has 7 heteroatoms. The first-order valence-electron chi connectivity index (χ1n) is 8.52. The molecule has 136 valence electrons. The molecule has 0 saturated carbocycles. The molecule has 1 saturated heterocycles. The highest BCUT2D eigenvalue weighted by atomic mass is 16.6. The van der Waals surface area contributed by atoms with Gasteiger partial charge in [-0.1, -0.05) is 6.07 Å². The van der Waals surface area contributed by atoms with Crippen molar-refractivity contribution in [1.29, 1.82) is 0 Å². The molecule has 4 heterocycles. The maximum absolute atomic E-state index is 10.6. The van der Waals surface area contributed by atoms with E-state index in [4.69, 9.17) is 4.74 Å². The second-order valence-electron chi connectivity index (χ2n) is 6.74. The van der Waals surface area contributed by atoms with Gasteiger partial charge in [0.15, 0.2) is 6.23 Å². The summed E-state index contributed by atoms with van der Waals surface area (Å²) in [6, 6.07) is 7.32. The highest BCUT2D eigenvalue weighted by Gasteiger charge is 2.47. The zero-order valence-corrected chi connectivity index (χ0v) is 14.5. The number of aliphatic hydroxyl groups excluding tert-OH is 3. The first-order valence-corrected chi connectivity index (χ1v) is 8.52. The van der Waals surface area contributed by atoms with Gasteiger partial charge in [-0.15, -0.1) is 0 Å². The molecular formula is C19H21N3O4. The molecule has 1 aliphatic rings. The van der Waals surface area contributed by atoms with Gasteiger partial charge in [0.1, 0.15) is 30.1 Å². The lowest BCUT2D eigenvalue weighted by atomic mass is 10.0. The standard InChI is InChI=1S/C19H21N3O4/c1-10-5-7-20-18-13(10)6-8-22(18)19-16(25)15(24)17(26-19)14(23)12-4-3-11(2)21-9-12/h3-9,14-17,19,23-25H,1-2H3. The van der Waals surface area contributed by atoms with Gasteiger partial charge < -0.3 is 24.6 Å². The molecule has 7 nitrogen and oxygen atoms in total. The smallest absolute Gasteiger partial charge is 0.164 e.